The van der Waals surface area contributed by atoms with Gasteiger partial charge in [-0.15, -0.1) is 0 Å². The molecule has 0 bridgehead atoms. The van der Waals surface area contributed by atoms with Crippen molar-refractivity contribution in [1.29, 1.82) is 0 Å². The van der Waals surface area contributed by atoms with Crippen molar-refractivity contribution in [2.45, 2.75) is 105 Å². The number of aliphatic hydroxyl groups is 2. The van der Waals surface area contributed by atoms with E-state index >= 15 is 0 Å². The second-order valence-corrected chi connectivity index (χ2v) is 6.65. The Morgan fingerprint density at radius 2 is 1.25 bits per heavy atom. The largest absolute Gasteiger partial charge is 0.393 e. The third kappa shape index (κ3) is 20.2. The molecule has 4 atom stereocenters. The first-order chi connectivity index (χ1) is 9.33. The van der Waals surface area contributed by atoms with Crippen LogP contribution in [0.4, 0.5) is 0 Å². The highest BCUT2D eigenvalue weighted by molar-refractivity contribution is 4.56. The quantitative estimate of drug-likeness (QED) is 0.582. The van der Waals surface area contributed by atoms with Gasteiger partial charge in [0, 0.05) is 0 Å². The molecule has 0 aliphatic carbocycles. The molecule has 2 N–H and O–H groups in total. The molecule has 0 saturated carbocycles. The fraction of sp³-hybridized carbons (Fsp3) is 1.00. The Bertz CT molecular complexity index is 178. The SMILES string of the molecule is CCCC(C)CCC(C)O.CCCCC(C)CC(C)O. The van der Waals surface area contributed by atoms with E-state index in [2.05, 4.69) is 27.7 Å². The summed E-state index contributed by atoms with van der Waals surface area (Å²) in [7, 11) is 0. The number of rotatable bonds is 10. The van der Waals surface area contributed by atoms with Crippen molar-refractivity contribution in [2.75, 3.05) is 0 Å². The van der Waals surface area contributed by atoms with Crippen molar-refractivity contribution >= 4 is 0 Å². The number of hydrogen-bond acceptors (Lipinski definition) is 2. The summed E-state index contributed by atoms with van der Waals surface area (Å²) in [6.45, 7) is 12.6. The van der Waals surface area contributed by atoms with Crippen LogP contribution in [0.1, 0.15) is 92.9 Å². The standard InChI is InChI=1S/2C9H20O/c1-4-5-8(2)6-7-9(3)10;1-4-5-6-8(2)7-9(3)10/h2*8-10H,4-7H2,1-3H3. The minimum atomic E-state index is -0.119. The van der Waals surface area contributed by atoms with Gasteiger partial charge < -0.3 is 10.2 Å². The first kappa shape index (κ1) is 22.2. The van der Waals surface area contributed by atoms with E-state index in [-0.39, 0.29) is 12.2 Å². The molecule has 0 aromatic carbocycles. The highest BCUT2D eigenvalue weighted by atomic mass is 16.3. The molecule has 2 nitrogen and oxygen atoms in total. The van der Waals surface area contributed by atoms with Crippen LogP contribution in [0, 0.1) is 11.8 Å². The van der Waals surface area contributed by atoms with E-state index in [1.54, 1.807) is 0 Å². The summed E-state index contributed by atoms with van der Waals surface area (Å²) in [6, 6.07) is 0. The van der Waals surface area contributed by atoms with Gasteiger partial charge in [0.05, 0.1) is 12.2 Å². The average molecular weight is 289 g/mol. The number of aliphatic hydroxyl groups excluding tert-OH is 2. The average Bonchev–Trinajstić information content (AvgIpc) is 2.34. The molecule has 0 saturated heterocycles. The zero-order valence-electron chi connectivity index (χ0n) is 14.9. The van der Waals surface area contributed by atoms with Crippen molar-refractivity contribution in [3.8, 4) is 0 Å². The Labute approximate surface area is 128 Å². The van der Waals surface area contributed by atoms with Gasteiger partial charge in [0.2, 0.25) is 0 Å². The molecular formula is C18H40O2. The number of hydrogen-bond donors (Lipinski definition) is 2. The normalized spacial score (nSPS) is 16.8. The molecule has 0 radical (unpaired) electrons. The third-order valence-electron chi connectivity index (χ3n) is 3.65. The van der Waals surface area contributed by atoms with Crippen LogP contribution in [0.2, 0.25) is 0 Å². The van der Waals surface area contributed by atoms with Gasteiger partial charge in [-0.1, -0.05) is 59.8 Å². The van der Waals surface area contributed by atoms with E-state index in [1.807, 2.05) is 13.8 Å². The summed E-state index contributed by atoms with van der Waals surface area (Å²) in [5.74, 6) is 1.49. The molecule has 0 aliphatic heterocycles. The molecule has 0 aromatic rings. The zero-order chi connectivity index (χ0) is 16.0. The van der Waals surface area contributed by atoms with E-state index in [0.717, 1.165) is 18.8 Å². The van der Waals surface area contributed by atoms with E-state index in [1.165, 1.54) is 38.5 Å². The van der Waals surface area contributed by atoms with Gasteiger partial charge in [0.25, 0.3) is 0 Å². The minimum Gasteiger partial charge on any atom is -0.393 e. The monoisotopic (exact) mass is 288 g/mol. The van der Waals surface area contributed by atoms with Crippen LogP contribution in [-0.2, 0) is 0 Å². The molecule has 0 rings (SSSR count). The van der Waals surface area contributed by atoms with Crippen molar-refractivity contribution in [3.63, 3.8) is 0 Å². The topological polar surface area (TPSA) is 40.5 Å². The first-order valence-electron chi connectivity index (χ1n) is 8.69. The lowest BCUT2D eigenvalue weighted by Crippen LogP contribution is -2.06. The van der Waals surface area contributed by atoms with Crippen molar-refractivity contribution in [2.24, 2.45) is 11.8 Å². The van der Waals surface area contributed by atoms with Crippen LogP contribution in [0.5, 0.6) is 0 Å². The second-order valence-electron chi connectivity index (χ2n) is 6.65. The summed E-state index contributed by atoms with van der Waals surface area (Å²) < 4.78 is 0. The van der Waals surface area contributed by atoms with E-state index < -0.39 is 0 Å². The summed E-state index contributed by atoms with van der Waals surface area (Å²) in [5.41, 5.74) is 0. The lowest BCUT2D eigenvalue weighted by atomic mass is 9.98. The van der Waals surface area contributed by atoms with Crippen LogP contribution >= 0.6 is 0 Å². The molecule has 0 heterocycles. The van der Waals surface area contributed by atoms with E-state index in [4.69, 9.17) is 10.2 Å². The predicted octanol–water partition coefficient (Wildman–Crippen LogP) is 5.17. The lowest BCUT2D eigenvalue weighted by molar-refractivity contribution is 0.161. The first-order valence-corrected chi connectivity index (χ1v) is 8.69. The van der Waals surface area contributed by atoms with Crippen LogP contribution in [0.15, 0.2) is 0 Å². The summed E-state index contributed by atoms with van der Waals surface area (Å²) in [6.07, 6.45) is 9.26. The molecule has 0 spiro atoms. The fourth-order valence-electron chi connectivity index (χ4n) is 2.42. The molecule has 2 heteroatoms. The molecule has 0 aliphatic rings. The Kier molecular flexibility index (Phi) is 17.0. The van der Waals surface area contributed by atoms with Crippen molar-refractivity contribution < 1.29 is 10.2 Å². The Hall–Kier alpha value is -0.0800. The van der Waals surface area contributed by atoms with E-state index in [0.29, 0.717) is 5.92 Å². The summed E-state index contributed by atoms with van der Waals surface area (Å²) in [5, 5.41) is 18.0. The molecule has 124 valence electrons. The number of unbranched alkanes of at least 4 members (excludes halogenated alkanes) is 1. The third-order valence-corrected chi connectivity index (χ3v) is 3.65. The molecule has 4 unspecified atom stereocenters. The van der Waals surface area contributed by atoms with Crippen LogP contribution < -0.4 is 0 Å². The van der Waals surface area contributed by atoms with E-state index in [9.17, 15) is 0 Å². The van der Waals surface area contributed by atoms with Crippen molar-refractivity contribution in [1.82, 2.24) is 0 Å². The van der Waals surface area contributed by atoms with Crippen LogP contribution in [0.3, 0.4) is 0 Å². The molecular weight excluding hydrogens is 248 g/mol. The lowest BCUT2D eigenvalue weighted by Gasteiger charge is -2.11. The van der Waals surface area contributed by atoms with Gasteiger partial charge in [-0.2, -0.15) is 0 Å². The molecule has 20 heavy (non-hydrogen) atoms. The Morgan fingerprint density at radius 3 is 1.65 bits per heavy atom. The molecule has 0 fully saturated rings. The smallest absolute Gasteiger partial charge is 0.0514 e. The minimum absolute atomic E-state index is 0.112. The molecule has 0 aromatic heterocycles. The maximum atomic E-state index is 9.02. The second kappa shape index (κ2) is 15.3. The highest BCUT2D eigenvalue weighted by Crippen LogP contribution is 2.13. The zero-order valence-corrected chi connectivity index (χ0v) is 14.9. The molecule has 0 amide bonds. The fourth-order valence-corrected chi connectivity index (χ4v) is 2.42. The maximum Gasteiger partial charge on any atom is 0.0514 e. The van der Waals surface area contributed by atoms with Gasteiger partial charge in [0.15, 0.2) is 0 Å². The van der Waals surface area contributed by atoms with Gasteiger partial charge in [-0.05, 0) is 44.9 Å². The Morgan fingerprint density at radius 1 is 0.650 bits per heavy atom. The van der Waals surface area contributed by atoms with Gasteiger partial charge in [-0.3, -0.25) is 0 Å². The van der Waals surface area contributed by atoms with Gasteiger partial charge >= 0.3 is 0 Å². The predicted molar refractivity (Wildman–Crippen MR) is 90.0 cm³/mol. The highest BCUT2D eigenvalue weighted by Gasteiger charge is 2.04. The Balaban J connectivity index is 0. The van der Waals surface area contributed by atoms with Crippen LogP contribution in [0.25, 0.3) is 0 Å². The van der Waals surface area contributed by atoms with Crippen molar-refractivity contribution in [3.05, 3.63) is 0 Å². The maximum absolute atomic E-state index is 9.02. The summed E-state index contributed by atoms with van der Waals surface area (Å²) >= 11 is 0. The van der Waals surface area contributed by atoms with Crippen LogP contribution in [-0.4, -0.2) is 22.4 Å². The van der Waals surface area contributed by atoms with Gasteiger partial charge in [0.1, 0.15) is 0 Å². The summed E-state index contributed by atoms with van der Waals surface area (Å²) in [4.78, 5) is 0. The van der Waals surface area contributed by atoms with Gasteiger partial charge in [-0.25, -0.2) is 0 Å².